The minimum absolute atomic E-state index is 0.466. The second kappa shape index (κ2) is 6.37. The van der Waals surface area contributed by atoms with Gasteiger partial charge in [0, 0.05) is 25.1 Å². The van der Waals surface area contributed by atoms with Gasteiger partial charge in [0.25, 0.3) is 0 Å². The van der Waals surface area contributed by atoms with E-state index in [1.54, 1.807) is 0 Å². The SMILES string of the molecule is NCc1nc(Cc2ccccc2)[nH]c1Cc1ccccc1. The zero-order chi connectivity index (χ0) is 14.5. The van der Waals surface area contributed by atoms with Crippen molar-refractivity contribution in [1.29, 1.82) is 0 Å². The van der Waals surface area contributed by atoms with Gasteiger partial charge in [0.1, 0.15) is 5.82 Å². The molecule has 0 amide bonds. The standard InChI is InChI=1S/C18H19N3/c19-13-17-16(11-14-7-3-1-4-8-14)20-18(21-17)12-15-9-5-2-6-10-15/h1-10H,11-13,19H2,(H,20,21). The number of nitrogens with two attached hydrogens (primary N) is 1. The number of imidazole rings is 1. The van der Waals surface area contributed by atoms with Crippen molar-refractivity contribution in [3.8, 4) is 0 Å². The van der Waals surface area contributed by atoms with Gasteiger partial charge in [-0.25, -0.2) is 4.98 Å². The average Bonchev–Trinajstić information content (AvgIpc) is 2.91. The first kappa shape index (κ1) is 13.6. The largest absolute Gasteiger partial charge is 0.345 e. The van der Waals surface area contributed by atoms with Crippen molar-refractivity contribution < 1.29 is 0 Å². The maximum atomic E-state index is 5.83. The number of H-pyrrole nitrogens is 1. The Morgan fingerprint density at radius 2 is 1.38 bits per heavy atom. The van der Waals surface area contributed by atoms with E-state index in [4.69, 9.17) is 5.73 Å². The molecule has 0 atom stereocenters. The molecule has 0 aliphatic carbocycles. The predicted molar refractivity (Wildman–Crippen MR) is 85.0 cm³/mol. The summed E-state index contributed by atoms with van der Waals surface area (Å²) in [4.78, 5) is 8.08. The van der Waals surface area contributed by atoms with Gasteiger partial charge in [-0.1, -0.05) is 60.7 Å². The van der Waals surface area contributed by atoms with Crippen LogP contribution in [0.4, 0.5) is 0 Å². The van der Waals surface area contributed by atoms with Gasteiger partial charge in [-0.2, -0.15) is 0 Å². The van der Waals surface area contributed by atoms with Crippen LogP contribution in [0.1, 0.15) is 28.3 Å². The van der Waals surface area contributed by atoms with Gasteiger partial charge in [-0.05, 0) is 11.1 Å². The summed E-state index contributed by atoms with van der Waals surface area (Å²) in [6.45, 7) is 0.466. The van der Waals surface area contributed by atoms with E-state index >= 15 is 0 Å². The molecule has 3 nitrogen and oxygen atoms in total. The summed E-state index contributed by atoms with van der Waals surface area (Å²) in [7, 11) is 0. The molecule has 0 fully saturated rings. The van der Waals surface area contributed by atoms with E-state index in [-0.39, 0.29) is 0 Å². The zero-order valence-corrected chi connectivity index (χ0v) is 11.9. The molecule has 21 heavy (non-hydrogen) atoms. The number of hydrogen-bond acceptors (Lipinski definition) is 2. The fraction of sp³-hybridized carbons (Fsp3) is 0.167. The van der Waals surface area contributed by atoms with E-state index in [0.29, 0.717) is 6.54 Å². The first-order chi connectivity index (χ1) is 10.3. The van der Waals surface area contributed by atoms with Gasteiger partial charge in [-0.15, -0.1) is 0 Å². The zero-order valence-electron chi connectivity index (χ0n) is 11.9. The summed E-state index contributed by atoms with van der Waals surface area (Å²) in [6, 6.07) is 20.7. The Labute approximate surface area is 124 Å². The summed E-state index contributed by atoms with van der Waals surface area (Å²) >= 11 is 0. The topological polar surface area (TPSA) is 54.7 Å². The lowest BCUT2D eigenvalue weighted by Gasteiger charge is -2.01. The highest BCUT2D eigenvalue weighted by atomic mass is 14.9. The van der Waals surface area contributed by atoms with E-state index in [1.807, 2.05) is 24.3 Å². The first-order valence-electron chi connectivity index (χ1n) is 7.19. The van der Waals surface area contributed by atoms with Gasteiger partial charge in [-0.3, -0.25) is 0 Å². The molecule has 0 aliphatic rings. The lowest BCUT2D eigenvalue weighted by molar-refractivity contribution is 0.958. The third-order valence-electron chi connectivity index (χ3n) is 3.54. The summed E-state index contributed by atoms with van der Waals surface area (Å²) in [5.74, 6) is 0.979. The molecule has 3 aromatic rings. The number of benzene rings is 2. The third-order valence-corrected chi connectivity index (χ3v) is 3.54. The Balaban J connectivity index is 1.81. The lowest BCUT2D eigenvalue weighted by Crippen LogP contribution is -2.01. The highest BCUT2D eigenvalue weighted by Gasteiger charge is 2.10. The maximum absolute atomic E-state index is 5.83. The number of rotatable bonds is 5. The van der Waals surface area contributed by atoms with E-state index in [0.717, 1.165) is 30.1 Å². The summed E-state index contributed by atoms with van der Waals surface area (Å²) in [5.41, 5.74) is 10.4. The molecule has 3 heteroatoms. The smallest absolute Gasteiger partial charge is 0.111 e. The highest BCUT2D eigenvalue weighted by Crippen LogP contribution is 2.14. The van der Waals surface area contributed by atoms with Gasteiger partial charge < -0.3 is 10.7 Å². The summed E-state index contributed by atoms with van der Waals surface area (Å²) in [5, 5.41) is 0. The first-order valence-corrected chi connectivity index (χ1v) is 7.19. The Bertz CT molecular complexity index is 687. The van der Waals surface area contributed by atoms with Crippen LogP contribution in [0.3, 0.4) is 0 Å². The molecule has 3 N–H and O–H groups in total. The van der Waals surface area contributed by atoms with Gasteiger partial charge in [0.05, 0.1) is 5.69 Å². The van der Waals surface area contributed by atoms with Crippen LogP contribution >= 0.6 is 0 Å². The predicted octanol–water partition coefficient (Wildman–Crippen LogP) is 3.05. The molecule has 0 saturated heterocycles. The number of nitrogens with one attached hydrogen (secondary N) is 1. The van der Waals surface area contributed by atoms with E-state index < -0.39 is 0 Å². The van der Waals surface area contributed by atoms with E-state index in [9.17, 15) is 0 Å². The Kier molecular flexibility index (Phi) is 4.12. The number of nitrogens with zero attached hydrogens (tertiary/aromatic N) is 1. The Hall–Kier alpha value is -2.39. The molecular formula is C18H19N3. The van der Waals surface area contributed by atoms with Crippen LogP contribution in [-0.4, -0.2) is 9.97 Å². The van der Waals surface area contributed by atoms with Crippen molar-refractivity contribution in [2.24, 2.45) is 5.73 Å². The second-order valence-electron chi connectivity index (χ2n) is 5.14. The Morgan fingerprint density at radius 3 is 1.95 bits per heavy atom. The van der Waals surface area contributed by atoms with E-state index in [1.165, 1.54) is 11.1 Å². The minimum Gasteiger partial charge on any atom is -0.345 e. The van der Waals surface area contributed by atoms with Gasteiger partial charge >= 0.3 is 0 Å². The molecule has 0 radical (unpaired) electrons. The number of hydrogen-bond donors (Lipinski definition) is 2. The molecule has 2 aromatic carbocycles. The molecule has 0 aliphatic heterocycles. The van der Waals surface area contributed by atoms with Crippen molar-refractivity contribution in [2.45, 2.75) is 19.4 Å². The van der Waals surface area contributed by atoms with Crippen molar-refractivity contribution in [1.82, 2.24) is 9.97 Å². The molecular weight excluding hydrogens is 258 g/mol. The highest BCUT2D eigenvalue weighted by molar-refractivity contribution is 5.27. The quantitative estimate of drug-likeness (QED) is 0.753. The van der Waals surface area contributed by atoms with Crippen LogP contribution < -0.4 is 5.73 Å². The van der Waals surface area contributed by atoms with Crippen LogP contribution in [0.25, 0.3) is 0 Å². The number of aromatic amines is 1. The minimum atomic E-state index is 0.466. The fourth-order valence-electron chi connectivity index (χ4n) is 2.49. The molecule has 0 unspecified atom stereocenters. The van der Waals surface area contributed by atoms with Crippen LogP contribution in [-0.2, 0) is 19.4 Å². The molecule has 0 saturated carbocycles. The molecule has 106 valence electrons. The number of aromatic nitrogens is 2. The van der Waals surface area contributed by atoms with Gasteiger partial charge in [0.2, 0.25) is 0 Å². The van der Waals surface area contributed by atoms with Gasteiger partial charge in [0.15, 0.2) is 0 Å². The van der Waals surface area contributed by atoms with Crippen molar-refractivity contribution >= 4 is 0 Å². The molecule has 0 spiro atoms. The van der Waals surface area contributed by atoms with Crippen molar-refractivity contribution in [3.05, 3.63) is 89.0 Å². The average molecular weight is 277 g/mol. The van der Waals surface area contributed by atoms with E-state index in [2.05, 4.69) is 46.4 Å². The maximum Gasteiger partial charge on any atom is 0.111 e. The van der Waals surface area contributed by atoms with Crippen LogP contribution in [0.2, 0.25) is 0 Å². The summed E-state index contributed by atoms with van der Waals surface area (Å²) in [6.07, 6.45) is 1.65. The molecule has 1 heterocycles. The molecule has 3 rings (SSSR count). The Morgan fingerprint density at radius 1 is 0.810 bits per heavy atom. The van der Waals surface area contributed by atoms with Crippen LogP contribution in [0.5, 0.6) is 0 Å². The second-order valence-corrected chi connectivity index (χ2v) is 5.14. The monoisotopic (exact) mass is 277 g/mol. The molecule has 0 bridgehead atoms. The van der Waals surface area contributed by atoms with Crippen molar-refractivity contribution in [3.63, 3.8) is 0 Å². The van der Waals surface area contributed by atoms with Crippen LogP contribution in [0.15, 0.2) is 60.7 Å². The summed E-state index contributed by atoms with van der Waals surface area (Å²) < 4.78 is 0. The lowest BCUT2D eigenvalue weighted by atomic mass is 10.1. The third kappa shape index (κ3) is 3.38. The fourth-order valence-corrected chi connectivity index (χ4v) is 2.49. The normalized spacial score (nSPS) is 10.7. The van der Waals surface area contributed by atoms with Crippen LogP contribution in [0, 0.1) is 0 Å². The molecule has 1 aromatic heterocycles. The van der Waals surface area contributed by atoms with Crippen molar-refractivity contribution in [2.75, 3.05) is 0 Å².